The summed E-state index contributed by atoms with van der Waals surface area (Å²) in [6.45, 7) is 1.67. The molecule has 0 unspecified atom stereocenters. The number of hydrogen-bond donors (Lipinski definition) is 1. The van der Waals surface area contributed by atoms with Crippen molar-refractivity contribution in [1.82, 2.24) is 4.90 Å². The van der Waals surface area contributed by atoms with Crippen LogP contribution in [-0.4, -0.2) is 34.0 Å². The first-order valence-electron chi connectivity index (χ1n) is 8.59. The molecule has 1 N–H and O–H groups in total. The fourth-order valence-corrected chi connectivity index (χ4v) is 3.61. The number of carbonyl (C=O) groups excluding carboxylic acids is 2. The molecule has 2 aromatic carbocycles. The molecule has 4 rings (SSSR count). The van der Waals surface area contributed by atoms with Gasteiger partial charge in [0.15, 0.2) is 6.10 Å². The van der Waals surface area contributed by atoms with Gasteiger partial charge in [-0.2, -0.15) is 0 Å². The van der Waals surface area contributed by atoms with Crippen LogP contribution in [0.2, 0.25) is 0 Å². The van der Waals surface area contributed by atoms with E-state index in [0.29, 0.717) is 5.57 Å². The summed E-state index contributed by atoms with van der Waals surface area (Å²) in [4.78, 5) is 26.2. The first kappa shape index (κ1) is 16.5. The third-order valence-electron chi connectivity index (χ3n) is 5.03. The molecule has 2 aliphatic rings. The molecule has 1 fully saturated rings. The van der Waals surface area contributed by atoms with Gasteiger partial charge in [-0.25, -0.2) is 4.79 Å². The molecule has 5 nitrogen and oxygen atoms in total. The van der Waals surface area contributed by atoms with Gasteiger partial charge in [0.1, 0.15) is 5.70 Å². The monoisotopic (exact) mass is 349 g/mol. The van der Waals surface area contributed by atoms with Crippen molar-refractivity contribution >= 4 is 11.9 Å². The van der Waals surface area contributed by atoms with Crippen LogP contribution in [0.5, 0.6) is 0 Å². The molecule has 2 atom stereocenters. The average Bonchev–Trinajstić information content (AvgIpc) is 2.88. The number of rotatable bonds is 4. The normalized spacial score (nSPS) is 21.7. The third kappa shape index (κ3) is 2.61. The Morgan fingerprint density at radius 2 is 1.62 bits per heavy atom. The van der Waals surface area contributed by atoms with E-state index in [-0.39, 0.29) is 24.1 Å². The highest BCUT2D eigenvalue weighted by Crippen LogP contribution is 2.40. The van der Waals surface area contributed by atoms with E-state index in [1.165, 1.54) is 4.90 Å². The van der Waals surface area contributed by atoms with Gasteiger partial charge in [-0.15, -0.1) is 0 Å². The lowest BCUT2D eigenvalue weighted by atomic mass is 9.98. The van der Waals surface area contributed by atoms with E-state index < -0.39 is 18.2 Å². The van der Waals surface area contributed by atoms with E-state index in [1.807, 2.05) is 60.7 Å². The van der Waals surface area contributed by atoms with Crippen LogP contribution < -0.4 is 0 Å². The van der Waals surface area contributed by atoms with Crippen LogP contribution in [0.15, 0.2) is 71.9 Å². The van der Waals surface area contributed by atoms with Crippen LogP contribution in [0.3, 0.4) is 0 Å². The van der Waals surface area contributed by atoms with Crippen LogP contribution in [0.1, 0.15) is 30.6 Å². The van der Waals surface area contributed by atoms with E-state index in [9.17, 15) is 14.7 Å². The first-order chi connectivity index (χ1) is 12.6. The minimum atomic E-state index is -0.804. The lowest BCUT2D eigenvalue weighted by molar-refractivity contribution is -0.154. The summed E-state index contributed by atoms with van der Waals surface area (Å²) in [5.74, 6) is -0.747. The smallest absolute Gasteiger partial charge is 0.356 e. The Morgan fingerprint density at radius 1 is 1.08 bits per heavy atom. The van der Waals surface area contributed by atoms with E-state index in [0.717, 1.165) is 11.1 Å². The fraction of sp³-hybridized carbons (Fsp3) is 0.238. The van der Waals surface area contributed by atoms with Gasteiger partial charge in [0.25, 0.3) is 0 Å². The van der Waals surface area contributed by atoms with Crippen molar-refractivity contribution in [3.05, 3.63) is 83.1 Å². The van der Waals surface area contributed by atoms with Crippen LogP contribution in [-0.2, 0) is 14.3 Å². The number of fused-ring (bicyclic) bond motifs is 1. The number of ether oxygens (including phenoxy) is 1. The minimum absolute atomic E-state index is 0.158. The Bertz CT molecular complexity index is 836. The van der Waals surface area contributed by atoms with Gasteiger partial charge >= 0.3 is 5.97 Å². The second-order valence-electron chi connectivity index (χ2n) is 6.62. The summed E-state index contributed by atoms with van der Waals surface area (Å²) in [6, 6.07) is 18.6. The fourth-order valence-electron chi connectivity index (χ4n) is 3.61. The van der Waals surface area contributed by atoms with Gasteiger partial charge in [0, 0.05) is 0 Å². The van der Waals surface area contributed by atoms with Crippen molar-refractivity contribution in [3.8, 4) is 0 Å². The van der Waals surface area contributed by atoms with Gasteiger partial charge in [-0.1, -0.05) is 60.7 Å². The number of β-lactam (4-membered cyclic amide) rings is 1. The molecule has 0 aliphatic carbocycles. The number of aliphatic hydroxyl groups excluding tert-OH is 1. The van der Waals surface area contributed by atoms with Crippen molar-refractivity contribution in [2.24, 2.45) is 0 Å². The maximum absolute atomic E-state index is 12.9. The Kier molecular flexibility index (Phi) is 4.09. The topological polar surface area (TPSA) is 66.8 Å². The van der Waals surface area contributed by atoms with Gasteiger partial charge in [0.05, 0.1) is 18.6 Å². The molecule has 0 aromatic heterocycles. The summed E-state index contributed by atoms with van der Waals surface area (Å²) < 4.78 is 5.82. The quantitative estimate of drug-likeness (QED) is 0.680. The number of hydrogen-bond acceptors (Lipinski definition) is 4. The SMILES string of the molecule is CC1=C(C(=O)OC(c2ccccc2)c2ccccc2)N2C(=O)C[C@H]2[C@H]1O. The van der Waals surface area contributed by atoms with Crippen LogP contribution >= 0.6 is 0 Å². The van der Waals surface area contributed by atoms with Crippen LogP contribution in [0, 0.1) is 0 Å². The highest BCUT2D eigenvalue weighted by atomic mass is 16.5. The number of aliphatic hydroxyl groups is 1. The molecule has 132 valence electrons. The maximum Gasteiger partial charge on any atom is 0.356 e. The Balaban J connectivity index is 1.66. The number of benzene rings is 2. The van der Waals surface area contributed by atoms with Gasteiger partial charge < -0.3 is 9.84 Å². The van der Waals surface area contributed by atoms with E-state index in [1.54, 1.807) is 6.92 Å². The molecule has 2 aliphatic heterocycles. The van der Waals surface area contributed by atoms with Crippen molar-refractivity contribution in [2.45, 2.75) is 31.6 Å². The molecule has 1 saturated heterocycles. The molecule has 0 spiro atoms. The standard InChI is InChI=1S/C21H19NO4/c1-13-18(22-16(19(13)24)12-17(22)23)21(25)26-20(14-8-4-2-5-9-14)15-10-6-3-7-11-15/h2-11,16,19-20,24H,12H2,1H3/t16-,19-/m0/s1. The van der Waals surface area contributed by atoms with E-state index in [2.05, 4.69) is 0 Å². The predicted molar refractivity (Wildman–Crippen MR) is 94.8 cm³/mol. The lowest BCUT2D eigenvalue weighted by Gasteiger charge is -2.37. The van der Waals surface area contributed by atoms with Crippen LogP contribution in [0.4, 0.5) is 0 Å². The molecular formula is C21H19NO4. The second-order valence-corrected chi connectivity index (χ2v) is 6.62. The second kappa shape index (κ2) is 6.42. The van der Waals surface area contributed by atoms with E-state index >= 15 is 0 Å². The summed E-state index contributed by atoms with van der Waals surface area (Å²) in [5, 5.41) is 10.2. The zero-order chi connectivity index (χ0) is 18.3. The summed E-state index contributed by atoms with van der Waals surface area (Å²) in [6.07, 6.45) is -1.13. The van der Waals surface area contributed by atoms with Crippen molar-refractivity contribution in [1.29, 1.82) is 0 Å². The maximum atomic E-state index is 12.9. The molecule has 2 aromatic rings. The molecule has 2 heterocycles. The summed E-state index contributed by atoms with van der Waals surface area (Å²) >= 11 is 0. The van der Waals surface area contributed by atoms with Crippen molar-refractivity contribution in [2.75, 3.05) is 0 Å². The first-order valence-corrected chi connectivity index (χ1v) is 8.59. The number of amides is 1. The zero-order valence-corrected chi connectivity index (χ0v) is 14.3. The number of esters is 1. The molecule has 1 amide bonds. The van der Waals surface area contributed by atoms with Gasteiger partial charge in [-0.05, 0) is 23.6 Å². The number of carbonyl (C=O) groups is 2. The average molecular weight is 349 g/mol. The highest BCUT2D eigenvalue weighted by molar-refractivity contribution is 5.99. The zero-order valence-electron chi connectivity index (χ0n) is 14.3. The number of nitrogens with zero attached hydrogens (tertiary/aromatic N) is 1. The largest absolute Gasteiger partial charge is 0.448 e. The Hall–Kier alpha value is -2.92. The third-order valence-corrected chi connectivity index (χ3v) is 5.03. The van der Waals surface area contributed by atoms with Gasteiger partial charge in [-0.3, -0.25) is 9.69 Å². The lowest BCUT2D eigenvalue weighted by Crippen LogP contribution is -2.53. The minimum Gasteiger partial charge on any atom is -0.448 e. The molecule has 0 radical (unpaired) electrons. The molecule has 0 bridgehead atoms. The summed E-state index contributed by atoms with van der Waals surface area (Å²) in [7, 11) is 0. The van der Waals surface area contributed by atoms with Crippen molar-refractivity contribution in [3.63, 3.8) is 0 Å². The summed E-state index contributed by atoms with van der Waals surface area (Å²) in [5.41, 5.74) is 2.35. The molecule has 0 saturated carbocycles. The molecule has 5 heteroatoms. The molecule has 26 heavy (non-hydrogen) atoms. The van der Waals surface area contributed by atoms with Gasteiger partial charge in [0.2, 0.25) is 5.91 Å². The Labute approximate surface area is 151 Å². The van der Waals surface area contributed by atoms with Crippen LogP contribution in [0.25, 0.3) is 0 Å². The predicted octanol–water partition coefficient (Wildman–Crippen LogP) is 2.57. The highest BCUT2D eigenvalue weighted by Gasteiger charge is 2.52. The van der Waals surface area contributed by atoms with E-state index in [4.69, 9.17) is 4.74 Å². The Morgan fingerprint density at radius 3 is 2.12 bits per heavy atom. The van der Waals surface area contributed by atoms with Crippen molar-refractivity contribution < 1.29 is 19.4 Å². The molecular weight excluding hydrogens is 330 g/mol.